The van der Waals surface area contributed by atoms with Gasteiger partial charge in [-0.25, -0.2) is 0 Å². The Morgan fingerprint density at radius 1 is 1.21 bits per heavy atom. The molecule has 124 valence electrons. The van der Waals surface area contributed by atoms with Gasteiger partial charge in [0.1, 0.15) is 0 Å². The third kappa shape index (κ3) is 4.14. The number of nitrogens with zero attached hydrogens (tertiary/aromatic N) is 1. The van der Waals surface area contributed by atoms with Crippen molar-refractivity contribution < 1.29 is 9.59 Å². The highest BCUT2D eigenvalue weighted by Crippen LogP contribution is 2.16. The first-order valence-corrected chi connectivity index (χ1v) is 8.55. The summed E-state index contributed by atoms with van der Waals surface area (Å²) in [6, 6.07) is 15.2. The summed E-state index contributed by atoms with van der Waals surface area (Å²) in [4.78, 5) is 25.6. The first-order chi connectivity index (χ1) is 11.6. The van der Waals surface area contributed by atoms with Gasteiger partial charge >= 0.3 is 0 Å². The normalized spacial score (nSPS) is 14.2. The van der Waals surface area contributed by atoms with Crippen LogP contribution in [0.1, 0.15) is 15.9 Å². The number of hydrogen-bond acceptors (Lipinski definition) is 3. The van der Waals surface area contributed by atoms with Gasteiger partial charge in [-0.1, -0.05) is 34.1 Å². The van der Waals surface area contributed by atoms with Crippen molar-refractivity contribution >= 4 is 33.4 Å². The predicted molar refractivity (Wildman–Crippen MR) is 97.0 cm³/mol. The second-order valence-electron chi connectivity index (χ2n) is 5.63. The van der Waals surface area contributed by atoms with Crippen LogP contribution in [0.15, 0.2) is 53.0 Å². The number of rotatable bonds is 4. The summed E-state index contributed by atoms with van der Waals surface area (Å²) < 4.78 is 0.880. The highest BCUT2D eigenvalue weighted by Gasteiger charge is 2.16. The molecular formula is C18H18BrN3O2. The van der Waals surface area contributed by atoms with Crippen LogP contribution < -0.4 is 15.5 Å². The lowest BCUT2D eigenvalue weighted by atomic mass is 10.1. The van der Waals surface area contributed by atoms with E-state index in [2.05, 4.69) is 26.6 Å². The van der Waals surface area contributed by atoms with Gasteiger partial charge in [-0.2, -0.15) is 0 Å². The number of halogens is 1. The second-order valence-corrected chi connectivity index (χ2v) is 6.55. The van der Waals surface area contributed by atoms with Gasteiger partial charge in [0.05, 0.1) is 6.54 Å². The quantitative estimate of drug-likeness (QED) is 0.845. The van der Waals surface area contributed by atoms with Gasteiger partial charge in [0.15, 0.2) is 0 Å². The topological polar surface area (TPSA) is 61.4 Å². The molecule has 2 N–H and O–H groups in total. The largest absolute Gasteiger partial charge is 0.360 e. The van der Waals surface area contributed by atoms with Crippen LogP contribution in [-0.2, 0) is 11.3 Å². The van der Waals surface area contributed by atoms with E-state index in [0.717, 1.165) is 22.3 Å². The molecule has 3 rings (SSSR count). The van der Waals surface area contributed by atoms with E-state index in [9.17, 15) is 9.59 Å². The Kier molecular flexibility index (Phi) is 5.15. The molecule has 0 saturated carbocycles. The summed E-state index contributed by atoms with van der Waals surface area (Å²) in [5.74, 6) is -0.0558. The summed E-state index contributed by atoms with van der Waals surface area (Å²) >= 11 is 3.36. The number of carbonyl (C=O) groups excluding carboxylic acids is 2. The van der Waals surface area contributed by atoms with E-state index >= 15 is 0 Å². The maximum absolute atomic E-state index is 12.1. The number of benzene rings is 2. The maximum Gasteiger partial charge on any atom is 0.251 e. The van der Waals surface area contributed by atoms with E-state index in [4.69, 9.17) is 0 Å². The van der Waals surface area contributed by atoms with Crippen LogP contribution in [0, 0.1) is 0 Å². The minimum absolute atomic E-state index is 0.0478. The van der Waals surface area contributed by atoms with Crippen molar-refractivity contribution in [3.8, 4) is 0 Å². The molecule has 2 amide bonds. The van der Waals surface area contributed by atoms with Gasteiger partial charge in [-0.15, -0.1) is 0 Å². The number of carbonyl (C=O) groups is 2. The van der Waals surface area contributed by atoms with Crippen molar-refractivity contribution in [1.82, 2.24) is 10.6 Å². The van der Waals surface area contributed by atoms with E-state index < -0.39 is 0 Å². The Bertz CT molecular complexity index is 746. The Morgan fingerprint density at radius 3 is 2.71 bits per heavy atom. The van der Waals surface area contributed by atoms with Crippen molar-refractivity contribution in [1.29, 1.82) is 0 Å². The number of piperazine rings is 1. The van der Waals surface area contributed by atoms with E-state index in [1.807, 2.05) is 41.3 Å². The van der Waals surface area contributed by atoms with E-state index in [1.165, 1.54) is 0 Å². The lowest BCUT2D eigenvalue weighted by molar-refractivity contribution is -0.120. The average Bonchev–Trinajstić information content (AvgIpc) is 2.60. The SMILES string of the molecule is O=C1CN(c2ccc(CNC(=O)c3cccc(Br)c3)cc2)CCN1. The van der Waals surface area contributed by atoms with Gasteiger partial charge in [-0.05, 0) is 35.9 Å². The zero-order valence-electron chi connectivity index (χ0n) is 13.1. The van der Waals surface area contributed by atoms with Crippen LogP contribution in [0.3, 0.4) is 0 Å². The van der Waals surface area contributed by atoms with E-state index in [0.29, 0.717) is 25.2 Å². The number of amides is 2. The number of anilines is 1. The Morgan fingerprint density at radius 2 is 2.00 bits per heavy atom. The highest BCUT2D eigenvalue weighted by atomic mass is 79.9. The smallest absolute Gasteiger partial charge is 0.251 e. The van der Waals surface area contributed by atoms with E-state index in [1.54, 1.807) is 12.1 Å². The molecule has 0 atom stereocenters. The Balaban J connectivity index is 1.58. The zero-order valence-corrected chi connectivity index (χ0v) is 14.7. The lowest BCUT2D eigenvalue weighted by Crippen LogP contribution is -2.47. The molecule has 0 radical (unpaired) electrons. The van der Waals surface area contributed by atoms with Crippen molar-refractivity contribution in [3.63, 3.8) is 0 Å². The van der Waals surface area contributed by atoms with Crippen LogP contribution in [0.5, 0.6) is 0 Å². The molecule has 0 aromatic heterocycles. The molecule has 1 fully saturated rings. The van der Waals surface area contributed by atoms with Crippen LogP contribution in [0.4, 0.5) is 5.69 Å². The molecule has 6 heteroatoms. The van der Waals surface area contributed by atoms with Gasteiger partial charge in [0.25, 0.3) is 5.91 Å². The third-order valence-electron chi connectivity index (χ3n) is 3.88. The summed E-state index contributed by atoms with van der Waals surface area (Å²) in [6.45, 7) is 2.33. The Hall–Kier alpha value is -2.34. The van der Waals surface area contributed by atoms with Crippen molar-refractivity contribution in [2.24, 2.45) is 0 Å². The minimum atomic E-state index is -0.104. The fraction of sp³-hybridized carbons (Fsp3) is 0.222. The second kappa shape index (κ2) is 7.49. The van der Waals surface area contributed by atoms with Gasteiger partial charge in [-0.3, -0.25) is 9.59 Å². The first-order valence-electron chi connectivity index (χ1n) is 7.76. The molecule has 24 heavy (non-hydrogen) atoms. The molecule has 5 nitrogen and oxygen atoms in total. The monoisotopic (exact) mass is 387 g/mol. The van der Waals surface area contributed by atoms with Crippen LogP contribution in [0.2, 0.25) is 0 Å². The van der Waals surface area contributed by atoms with Crippen molar-refractivity contribution in [2.75, 3.05) is 24.5 Å². The highest BCUT2D eigenvalue weighted by molar-refractivity contribution is 9.10. The number of nitrogens with one attached hydrogen (secondary N) is 2. The van der Waals surface area contributed by atoms with Crippen LogP contribution in [0.25, 0.3) is 0 Å². The summed E-state index contributed by atoms with van der Waals surface area (Å²) in [7, 11) is 0. The molecule has 1 aliphatic heterocycles. The predicted octanol–water partition coefficient (Wildman–Crippen LogP) is 2.32. The molecule has 2 aromatic carbocycles. The molecule has 2 aromatic rings. The number of hydrogen-bond donors (Lipinski definition) is 2. The fourth-order valence-electron chi connectivity index (χ4n) is 2.60. The maximum atomic E-state index is 12.1. The molecular weight excluding hydrogens is 370 g/mol. The molecule has 0 aliphatic carbocycles. The van der Waals surface area contributed by atoms with Crippen LogP contribution >= 0.6 is 15.9 Å². The molecule has 0 unspecified atom stereocenters. The summed E-state index contributed by atoms with van der Waals surface area (Å²) in [5.41, 5.74) is 2.66. The molecule has 1 aliphatic rings. The minimum Gasteiger partial charge on any atom is -0.360 e. The van der Waals surface area contributed by atoms with Crippen molar-refractivity contribution in [2.45, 2.75) is 6.54 Å². The summed E-state index contributed by atoms with van der Waals surface area (Å²) in [6.07, 6.45) is 0. The molecule has 1 saturated heterocycles. The lowest BCUT2D eigenvalue weighted by Gasteiger charge is -2.28. The molecule has 1 heterocycles. The third-order valence-corrected chi connectivity index (χ3v) is 4.37. The van der Waals surface area contributed by atoms with Crippen molar-refractivity contribution in [3.05, 3.63) is 64.1 Å². The molecule has 0 bridgehead atoms. The Labute approximate surface area is 149 Å². The zero-order chi connectivity index (χ0) is 16.9. The van der Waals surface area contributed by atoms with Gasteiger partial charge in [0, 0.05) is 35.4 Å². The average molecular weight is 388 g/mol. The summed E-state index contributed by atoms with van der Waals surface area (Å²) in [5, 5.41) is 5.72. The molecule has 0 spiro atoms. The standard InChI is InChI=1S/C18H18BrN3O2/c19-15-3-1-2-14(10-15)18(24)21-11-13-4-6-16(7-5-13)22-9-8-20-17(23)12-22/h1-7,10H,8-9,11-12H2,(H,20,23)(H,21,24). The van der Waals surface area contributed by atoms with Crippen LogP contribution in [-0.4, -0.2) is 31.4 Å². The van der Waals surface area contributed by atoms with E-state index in [-0.39, 0.29) is 11.8 Å². The first kappa shape index (κ1) is 16.5. The van der Waals surface area contributed by atoms with Gasteiger partial charge in [0.2, 0.25) is 5.91 Å². The van der Waals surface area contributed by atoms with Gasteiger partial charge < -0.3 is 15.5 Å². The fourth-order valence-corrected chi connectivity index (χ4v) is 3.00.